The van der Waals surface area contributed by atoms with Gasteiger partial charge in [-0.15, -0.1) is 0 Å². The Bertz CT molecular complexity index is 461. The molecule has 1 aromatic rings. The number of hydrogen-bond donors (Lipinski definition) is 2. The summed E-state index contributed by atoms with van der Waals surface area (Å²) in [4.78, 5) is 2.70. The van der Waals surface area contributed by atoms with Gasteiger partial charge in [-0.1, -0.05) is 18.3 Å². The summed E-state index contributed by atoms with van der Waals surface area (Å²) in [6.45, 7) is 5.64. The highest BCUT2D eigenvalue weighted by Gasteiger charge is 2.28. The number of nitrogens with zero attached hydrogens (tertiary/aromatic N) is 1. The van der Waals surface area contributed by atoms with Gasteiger partial charge in [-0.3, -0.25) is 0 Å². The molecule has 1 fully saturated rings. The fraction of sp³-hybridized carbons (Fsp3) is 0.500. The molecule has 0 spiro atoms. The summed E-state index contributed by atoms with van der Waals surface area (Å²) >= 11 is 5.11. The monoisotopic (exact) mass is 264 g/mol. The second-order valence-corrected chi connectivity index (χ2v) is 5.81. The summed E-state index contributed by atoms with van der Waals surface area (Å²) in [6, 6.07) is 6.13. The van der Waals surface area contributed by atoms with Crippen molar-refractivity contribution in [2.45, 2.75) is 32.3 Å². The quantitative estimate of drug-likeness (QED) is 0.802. The van der Waals surface area contributed by atoms with Crippen molar-refractivity contribution < 1.29 is 5.11 Å². The van der Waals surface area contributed by atoms with Gasteiger partial charge in [0.1, 0.15) is 4.99 Å². The highest BCUT2D eigenvalue weighted by molar-refractivity contribution is 7.80. The van der Waals surface area contributed by atoms with E-state index in [1.54, 1.807) is 0 Å². The summed E-state index contributed by atoms with van der Waals surface area (Å²) in [7, 11) is 0. The van der Waals surface area contributed by atoms with E-state index in [1.807, 2.05) is 19.1 Å². The third-order valence-electron chi connectivity index (χ3n) is 3.60. The Labute approximate surface area is 114 Å². The predicted octanol–water partition coefficient (Wildman–Crippen LogP) is 1.98. The van der Waals surface area contributed by atoms with Crippen LogP contribution in [0.25, 0.3) is 0 Å². The summed E-state index contributed by atoms with van der Waals surface area (Å²) in [6.07, 6.45) is 1.55. The minimum atomic E-state index is -0.538. The first kappa shape index (κ1) is 13.3. The molecule has 0 atom stereocenters. The molecule has 1 aliphatic heterocycles. The molecule has 0 aliphatic carbocycles. The van der Waals surface area contributed by atoms with Gasteiger partial charge in [0.05, 0.1) is 5.60 Å². The average Bonchev–Trinajstić information content (AvgIpc) is 2.28. The summed E-state index contributed by atoms with van der Waals surface area (Å²) < 4.78 is 0. The summed E-state index contributed by atoms with van der Waals surface area (Å²) in [5.41, 5.74) is 8.46. The van der Waals surface area contributed by atoms with E-state index in [1.165, 1.54) is 5.56 Å². The largest absolute Gasteiger partial charge is 0.390 e. The van der Waals surface area contributed by atoms with E-state index in [0.717, 1.165) is 37.2 Å². The topological polar surface area (TPSA) is 49.5 Å². The molecule has 1 saturated heterocycles. The van der Waals surface area contributed by atoms with Crippen LogP contribution in [0.5, 0.6) is 0 Å². The number of piperidine rings is 1. The molecule has 1 aromatic carbocycles. The SMILES string of the molecule is Cc1ccc(C(N)=S)c(N2CCC(C)(O)CC2)c1. The summed E-state index contributed by atoms with van der Waals surface area (Å²) in [5.74, 6) is 0. The number of nitrogens with two attached hydrogens (primary N) is 1. The Morgan fingerprint density at radius 1 is 1.39 bits per heavy atom. The number of benzene rings is 1. The first-order valence-electron chi connectivity index (χ1n) is 6.27. The fourth-order valence-corrected chi connectivity index (χ4v) is 2.51. The Morgan fingerprint density at radius 3 is 2.56 bits per heavy atom. The molecule has 3 nitrogen and oxygen atoms in total. The van der Waals surface area contributed by atoms with Crippen LogP contribution in [0.15, 0.2) is 18.2 Å². The van der Waals surface area contributed by atoms with E-state index >= 15 is 0 Å². The van der Waals surface area contributed by atoms with Crippen molar-refractivity contribution in [3.05, 3.63) is 29.3 Å². The average molecular weight is 264 g/mol. The van der Waals surface area contributed by atoms with Crippen molar-refractivity contribution in [2.75, 3.05) is 18.0 Å². The third-order valence-corrected chi connectivity index (χ3v) is 3.82. The zero-order valence-corrected chi connectivity index (χ0v) is 11.8. The zero-order chi connectivity index (χ0) is 13.3. The molecule has 4 heteroatoms. The van der Waals surface area contributed by atoms with Crippen LogP contribution >= 0.6 is 12.2 Å². The zero-order valence-electron chi connectivity index (χ0n) is 10.9. The maximum absolute atomic E-state index is 10.00. The van der Waals surface area contributed by atoms with Gasteiger partial charge in [-0.25, -0.2) is 0 Å². The number of thiocarbonyl (C=S) groups is 1. The molecule has 0 unspecified atom stereocenters. The van der Waals surface area contributed by atoms with Crippen molar-refractivity contribution >= 4 is 22.9 Å². The number of aliphatic hydroxyl groups is 1. The molecule has 0 radical (unpaired) electrons. The van der Waals surface area contributed by atoms with Crippen LogP contribution in [0.1, 0.15) is 30.9 Å². The van der Waals surface area contributed by atoms with Gasteiger partial charge in [-0.05, 0) is 44.4 Å². The molecule has 1 heterocycles. The number of hydrogen-bond acceptors (Lipinski definition) is 3. The Kier molecular flexibility index (Phi) is 3.59. The second-order valence-electron chi connectivity index (χ2n) is 5.37. The van der Waals surface area contributed by atoms with E-state index in [2.05, 4.69) is 17.9 Å². The maximum Gasteiger partial charge on any atom is 0.106 e. The lowest BCUT2D eigenvalue weighted by molar-refractivity contribution is 0.0351. The van der Waals surface area contributed by atoms with Gasteiger partial charge < -0.3 is 15.7 Å². The lowest BCUT2D eigenvalue weighted by Gasteiger charge is -2.38. The fourth-order valence-electron chi connectivity index (χ4n) is 2.34. The van der Waals surface area contributed by atoms with Gasteiger partial charge in [0, 0.05) is 24.3 Å². The molecule has 3 N–H and O–H groups in total. The Balaban J connectivity index is 2.28. The van der Waals surface area contributed by atoms with Crippen LogP contribution in [0.2, 0.25) is 0 Å². The lowest BCUT2D eigenvalue weighted by Crippen LogP contribution is -2.43. The van der Waals surface area contributed by atoms with Crippen molar-refractivity contribution in [3.63, 3.8) is 0 Å². The Hall–Kier alpha value is -1.13. The molecular formula is C14H20N2OS. The van der Waals surface area contributed by atoms with Crippen LogP contribution in [-0.2, 0) is 0 Å². The van der Waals surface area contributed by atoms with Gasteiger partial charge in [0.25, 0.3) is 0 Å². The van der Waals surface area contributed by atoms with Crippen molar-refractivity contribution in [1.29, 1.82) is 0 Å². The highest BCUT2D eigenvalue weighted by atomic mass is 32.1. The highest BCUT2D eigenvalue weighted by Crippen LogP contribution is 2.29. The van der Waals surface area contributed by atoms with Crippen LogP contribution in [0.4, 0.5) is 5.69 Å². The van der Waals surface area contributed by atoms with Gasteiger partial charge in [-0.2, -0.15) is 0 Å². The minimum absolute atomic E-state index is 0.433. The standard InChI is InChI=1S/C14H20N2OS/c1-10-3-4-11(13(15)18)12(9-10)16-7-5-14(2,17)6-8-16/h3-4,9,17H,5-8H2,1-2H3,(H2,15,18). The van der Waals surface area contributed by atoms with Gasteiger partial charge in [0.2, 0.25) is 0 Å². The van der Waals surface area contributed by atoms with E-state index in [9.17, 15) is 5.11 Å². The molecule has 1 aliphatic rings. The number of rotatable bonds is 2. The normalized spacial score (nSPS) is 18.7. The molecule has 0 bridgehead atoms. The number of anilines is 1. The van der Waals surface area contributed by atoms with Gasteiger partial charge in [0.15, 0.2) is 0 Å². The van der Waals surface area contributed by atoms with Crippen LogP contribution in [-0.4, -0.2) is 28.8 Å². The predicted molar refractivity (Wildman–Crippen MR) is 79.1 cm³/mol. The van der Waals surface area contributed by atoms with Crippen LogP contribution < -0.4 is 10.6 Å². The minimum Gasteiger partial charge on any atom is -0.390 e. The maximum atomic E-state index is 10.00. The van der Waals surface area contributed by atoms with Crippen molar-refractivity contribution in [1.82, 2.24) is 0 Å². The van der Waals surface area contributed by atoms with E-state index in [0.29, 0.717) is 4.99 Å². The number of aryl methyl sites for hydroxylation is 1. The molecule has 98 valence electrons. The third kappa shape index (κ3) is 2.82. The molecule has 2 rings (SSSR count). The van der Waals surface area contributed by atoms with Crippen molar-refractivity contribution in [3.8, 4) is 0 Å². The van der Waals surface area contributed by atoms with E-state index in [4.69, 9.17) is 18.0 Å². The first-order chi connectivity index (χ1) is 8.39. The molecule has 0 saturated carbocycles. The van der Waals surface area contributed by atoms with Gasteiger partial charge >= 0.3 is 0 Å². The molecule has 0 aromatic heterocycles. The van der Waals surface area contributed by atoms with E-state index < -0.39 is 5.60 Å². The smallest absolute Gasteiger partial charge is 0.106 e. The van der Waals surface area contributed by atoms with Crippen LogP contribution in [0, 0.1) is 6.92 Å². The summed E-state index contributed by atoms with van der Waals surface area (Å²) in [5, 5.41) is 10.00. The first-order valence-corrected chi connectivity index (χ1v) is 6.68. The van der Waals surface area contributed by atoms with E-state index in [-0.39, 0.29) is 0 Å². The Morgan fingerprint density at radius 2 is 2.00 bits per heavy atom. The van der Waals surface area contributed by atoms with Crippen molar-refractivity contribution in [2.24, 2.45) is 5.73 Å². The second kappa shape index (κ2) is 4.86. The lowest BCUT2D eigenvalue weighted by atomic mass is 9.93. The van der Waals surface area contributed by atoms with Crippen LogP contribution in [0.3, 0.4) is 0 Å². The molecule has 18 heavy (non-hydrogen) atoms. The molecular weight excluding hydrogens is 244 g/mol. The molecule has 0 amide bonds.